The molecule has 4 N–H and O–H groups in total. The van der Waals surface area contributed by atoms with Crippen LogP contribution >= 0.6 is 0 Å². The molecule has 0 fully saturated rings. The Morgan fingerprint density at radius 2 is 0.882 bits per heavy atom. The standard InChI is InChI=1S/C43H79NO6S/c1-3-5-7-9-11-13-15-17-19-21-22-24-26-28-30-32-34-36-38-42(46)43(47)44-40(39-51(48,49)50)41(45)37-35-33-31-29-27-25-23-20-18-16-14-12-10-8-6-4-2/h18,20-22,27,29,35,37,40-42,45-46H,3-17,19,23-26,28,30-34,36,38-39H2,1-2H3,(H,44,47)(H,48,49,50)/b20-18+,22-21-,29-27+,37-35+. The lowest BCUT2D eigenvalue weighted by Crippen LogP contribution is -2.50. The van der Waals surface area contributed by atoms with Gasteiger partial charge in [0, 0.05) is 0 Å². The van der Waals surface area contributed by atoms with Crippen LogP contribution in [0.15, 0.2) is 48.6 Å². The Bertz CT molecular complexity index is 1010. The Labute approximate surface area is 314 Å². The van der Waals surface area contributed by atoms with Crippen molar-refractivity contribution in [3.63, 3.8) is 0 Å². The zero-order valence-corrected chi connectivity index (χ0v) is 33.6. The van der Waals surface area contributed by atoms with Gasteiger partial charge in [-0.1, -0.05) is 172 Å². The Hall–Kier alpha value is -1.74. The van der Waals surface area contributed by atoms with Crippen LogP contribution in [-0.4, -0.2) is 53.1 Å². The van der Waals surface area contributed by atoms with E-state index in [1.807, 2.05) is 0 Å². The van der Waals surface area contributed by atoms with E-state index in [0.717, 1.165) is 51.4 Å². The van der Waals surface area contributed by atoms with Gasteiger partial charge in [-0.15, -0.1) is 0 Å². The normalized spacial score (nSPS) is 14.4. The molecule has 0 rings (SSSR count). The van der Waals surface area contributed by atoms with Crippen LogP contribution < -0.4 is 5.32 Å². The van der Waals surface area contributed by atoms with E-state index in [1.165, 1.54) is 115 Å². The van der Waals surface area contributed by atoms with Gasteiger partial charge < -0.3 is 15.5 Å². The summed E-state index contributed by atoms with van der Waals surface area (Å²) in [5.74, 6) is -1.57. The predicted octanol–water partition coefficient (Wildman–Crippen LogP) is 11.3. The van der Waals surface area contributed by atoms with Crippen molar-refractivity contribution in [1.29, 1.82) is 0 Å². The van der Waals surface area contributed by atoms with Crippen LogP contribution in [0, 0.1) is 0 Å². The summed E-state index contributed by atoms with van der Waals surface area (Å²) in [5.41, 5.74) is 0. The summed E-state index contributed by atoms with van der Waals surface area (Å²) in [6.45, 7) is 4.50. The van der Waals surface area contributed by atoms with Crippen molar-refractivity contribution in [3.05, 3.63) is 48.6 Å². The molecule has 51 heavy (non-hydrogen) atoms. The van der Waals surface area contributed by atoms with Gasteiger partial charge in [0.25, 0.3) is 10.1 Å². The fourth-order valence-electron chi connectivity index (χ4n) is 6.07. The van der Waals surface area contributed by atoms with E-state index in [-0.39, 0.29) is 6.42 Å². The lowest BCUT2D eigenvalue weighted by atomic mass is 10.0. The number of rotatable bonds is 37. The number of allylic oxidation sites excluding steroid dienone is 7. The Kier molecular flexibility index (Phi) is 35.4. The molecule has 0 saturated heterocycles. The van der Waals surface area contributed by atoms with Crippen LogP contribution in [-0.2, 0) is 14.9 Å². The molecule has 0 spiro atoms. The zero-order valence-electron chi connectivity index (χ0n) is 32.8. The monoisotopic (exact) mass is 738 g/mol. The second-order valence-electron chi connectivity index (χ2n) is 14.4. The lowest BCUT2D eigenvalue weighted by molar-refractivity contribution is -0.130. The molecule has 7 nitrogen and oxygen atoms in total. The first kappa shape index (κ1) is 49.3. The summed E-state index contributed by atoms with van der Waals surface area (Å²) in [7, 11) is -4.46. The third-order valence-corrected chi connectivity index (χ3v) is 10.1. The highest BCUT2D eigenvalue weighted by atomic mass is 32.2. The van der Waals surface area contributed by atoms with E-state index in [0.29, 0.717) is 12.8 Å². The lowest BCUT2D eigenvalue weighted by Gasteiger charge is -2.22. The van der Waals surface area contributed by atoms with Crippen LogP contribution in [0.5, 0.6) is 0 Å². The van der Waals surface area contributed by atoms with Gasteiger partial charge in [0.2, 0.25) is 5.91 Å². The molecule has 3 atom stereocenters. The number of nitrogens with one attached hydrogen (secondary N) is 1. The minimum atomic E-state index is -4.46. The van der Waals surface area contributed by atoms with Crippen molar-refractivity contribution in [1.82, 2.24) is 5.32 Å². The van der Waals surface area contributed by atoms with E-state index in [2.05, 4.69) is 55.6 Å². The Morgan fingerprint density at radius 3 is 1.29 bits per heavy atom. The molecule has 0 bridgehead atoms. The van der Waals surface area contributed by atoms with E-state index < -0.39 is 40.0 Å². The summed E-state index contributed by atoms with van der Waals surface area (Å²) >= 11 is 0. The molecule has 0 aliphatic rings. The van der Waals surface area contributed by atoms with Gasteiger partial charge >= 0.3 is 0 Å². The largest absolute Gasteiger partial charge is 0.387 e. The quantitative estimate of drug-likeness (QED) is 0.0286. The number of unbranched alkanes of at least 4 members (excludes halogenated alkanes) is 22. The van der Waals surface area contributed by atoms with Crippen LogP contribution in [0.1, 0.15) is 194 Å². The number of aliphatic hydroxyl groups is 2. The number of hydrogen-bond acceptors (Lipinski definition) is 5. The SMILES string of the molecule is CCCCCCCC/C=C/CC/C=C/CC/C=C/C(O)C(CS(=O)(=O)O)NC(=O)C(O)CCCCCCCC/C=C\CCCCCCCCCC. The third kappa shape index (κ3) is 36.4. The van der Waals surface area contributed by atoms with Gasteiger partial charge in [-0.25, -0.2) is 0 Å². The van der Waals surface area contributed by atoms with Crippen LogP contribution in [0.2, 0.25) is 0 Å². The molecule has 0 heterocycles. The molecule has 0 aromatic rings. The summed E-state index contributed by atoms with van der Waals surface area (Å²) < 4.78 is 32.5. The molecular weight excluding hydrogens is 659 g/mol. The molecule has 0 aliphatic heterocycles. The Balaban J connectivity index is 4.11. The number of carbonyl (C=O) groups is 1. The molecule has 0 aromatic heterocycles. The molecule has 298 valence electrons. The first-order chi connectivity index (χ1) is 24.7. The van der Waals surface area contributed by atoms with Crippen molar-refractivity contribution in [2.24, 2.45) is 0 Å². The first-order valence-electron chi connectivity index (χ1n) is 20.9. The van der Waals surface area contributed by atoms with Crippen LogP contribution in [0.3, 0.4) is 0 Å². The first-order valence-corrected chi connectivity index (χ1v) is 22.6. The summed E-state index contributed by atoms with van der Waals surface area (Å²) in [6.07, 6.45) is 45.9. The second kappa shape index (κ2) is 36.6. The second-order valence-corrected chi connectivity index (χ2v) is 15.9. The highest BCUT2D eigenvalue weighted by Crippen LogP contribution is 2.13. The molecular formula is C43H79NO6S. The minimum Gasteiger partial charge on any atom is -0.387 e. The van der Waals surface area contributed by atoms with Crippen LogP contribution in [0.4, 0.5) is 0 Å². The average Bonchev–Trinajstić information content (AvgIpc) is 3.09. The van der Waals surface area contributed by atoms with Gasteiger partial charge in [-0.3, -0.25) is 9.35 Å². The van der Waals surface area contributed by atoms with Crippen molar-refractivity contribution in [2.45, 2.75) is 212 Å². The maximum atomic E-state index is 12.6. The molecule has 0 aromatic carbocycles. The molecule has 1 amide bonds. The minimum absolute atomic E-state index is 0.263. The molecule has 0 radical (unpaired) electrons. The number of aliphatic hydroxyl groups excluding tert-OH is 2. The van der Waals surface area contributed by atoms with Gasteiger partial charge in [0.05, 0.1) is 17.9 Å². The average molecular weight is 738 g/mol. The third-order valence-electron chi connectivity index (χ3n) is 9.31. The van der Waals surface area contributed by atoms with E-state index in [1.54, 1.807) is 6.08 Å². The zero-order chi connectivity index (χ0) is 37.7. The van der Waals surface area contributed by atoms with Gasteiger partial charge in [-0.2, -0.15) is 8.42 Å². The number of hydrogen-bond donors (Lipinski definition) is 4. The van der Waals surface area contributed by atoms with Crippen molar-refractivity contribution >= 4 is 16.0 Å². The van der Waals surface area contributed by atoms with E-state index >= 15 is 0 Å². The summed E-state index contributed by atoms with van der Waals surface area (Å²) in [4.78, 5) is 12.6. The topological polar surface area (TPSA) is 124 Å². The molecule has 0 saturated carbocycles. The van der Waals surface area contributed by atoms with Gasteiger partial charge in [-0.05, 0) is 70.6 Å². The Morgan fingerprint density at radius 1 is 0.529 bits per heavy atom. The van der Waals surface area contributed by atoms with Gasteiger partial charge in [0.15, 0.2) is 0 Å². The molecule has 8 heteroatoms. The predicted molar refractivity (Wildman–Crippen MR) is 218 cm³/mol. The highest BCUT2D eigenvalue weighted by molar-refractivity contribution is 7.85. The van der Waals surface area contributed by atoms with Crippen molar-refractivity contribution in [2.75, 3.05) is 5.75 Å². The number of carbonyl (C=O) groups excluding carboxylic acids is 1. The highest BCUT2D eigenvalue weighted by Gasteiger charge is 2.27. The maximum absolute atomic E-state index is 12.6. The van der Waals surface area contributed by atoms with E-state index in [9.17, 15) is 28.0 Å². The molecule has 0 aliphatic carbocycles. The van der Waals surface area contributed by atoms with E-state index in [4.69, 9.17) is 0 Å². The smallest absolute Gasteiger partial charge is 0.267 e. The fourth-order valence-corrected chi connectivity index (χ4v) is 6.80. The van der Waals surface area contributed by atoms with Crippen molar-refractivity contribution < 1.29 is 28.0 Å². The van der Waals surface area contributed by atoms with Crippen LogP contribution in [0.25, 0.3) is 0 Å². The maximum Gasteiger partial charge on any atom is 0.267 e. The summed E-state index contributed by atoms with van der Waals surface area (Å²) in [5, 5.41) is 23.4. The fraction of sp³-hybridized carbons (Fsp3) is 0.791. The van der Waals surface area contributed by atoms with Crippen molar-refractivity contribution in [3.8, 4) is 0 Å². The van der Waals surface area contributed by atoms with Gasteiger partial charge in [0.1, 0.15) is 6.10 Å². The molecule has 3 unspecified atom stereocenters. The summed E-state index contributed by atoms with van der Waals surface area (Å²) in [6, 6.07) is -1.26. The number of amides is 1.